The second-order valence-corrected chi connectivity index (χ2v) is 6.70. The molecule has 0 radical (unpaired) electrons. The summed E-state index contributed by atoms with van der Waals surface area (Å²) >= 11 is 0. The lowest BCUT2D eigenvalue weighted by Crippen LogP contribution is -2.54. The number of hydrogen-bond donors (Lipinski definition) is 5. The van der Waals surface area contributed by atoms with Crippen molar-refractivity contribution in [2.45, 2.75) is 38.3 Å². The van der Waals surface area contributed by atoms with Gasteiger partial charge in [-0.2, -0.15) is 0 Å². The van der Waals surface area contributed by atoms with Crippen LogP contribution in [0.5, 0.6) is 0 Å². The summed E-state index contributed by atoms with van der Waals surface area (Å²) in [6.07, 6.45) is 2.26. The van der Waals surface area contributed by atoms with E-state index >= 15 is 0 Å². The molecular formula is C19H26N6O4. The Labute approximate surface area is 167 Å². The van der Waals surface area contributed by atoms with E-state index in [1.807, 2.05) is 24.3 Å². The lowest BCUT2D eigenvalue weighted by molar-refractivity contribution is -0.157. The van der Waals surface area contributed by atoms with Crippen LogP contribution >= 0.6 is 0 Å². The monoisotopic (exact) mass is 402 g/mol. The second-order valence-electron chi connectivity index (χ2n) is 6.70. The first-order chi connectivity index (χ1) is 13.7. The Bertz CT molecular complexity index is 918. The summed E-state index contributed by atoms with van der Waals surface area (Å²) in [7, 11) is 0. The molecule has 2 unspecified atom stereocenters. The summed E-state index contributed by atoms with van der Waals surface area (Å²) in [5.74, 6) is -2.78. The fourth-order valence-corrected chi connectivity index (χ4v) is 3.15. The molecule has 2 atom stereocenters. The molecule has 29 heavy (non-hydrogen) atoms. The van der Waals surface area contributed by atoms with Crippen LogP contribution in [-0.2, 0) is 20.8 Å². The van der Waals surface area contributed by atoms with Crippen LogP contribution in [0.15, 0.2) is 35.5 Å². The lowest BCUT2D eigenvalue weighted by atomic mass is 10.0. The lowest BCUT2D eigenvalue weighted by Gasteiger charge is -2.28. The van der Waals surface area contributed by atoms with Crippen molar-refractivity contribution in [2.24, 2.45) is 22.2 Å². The van der Waals surface area contributed by atoms with Crippen molar-refractivity contribution in [1.29, 1.82) is 0 Å². The van der Waals surface area contributed by atoms with Crippen molar-refractivity contribution < 1.29 is 19.5 Å². The van der Waals surface area contributed by atoms with E-state index in [0.29, 0.717) is 12.0 Å². The fourth-order valence-electron chi connectivity index (χ4n) is 3.15. The zero-order chi connectivity index (χ0) is 21.6. The van der Waals surface area contributed by atoms with Gasteiger partial charge in [-0.3, -0.25) is 19.5 Å². The van der Waals surface area contributed by atoms with Gasteiger partial charge in [-0.25, -0.2) is 4.79 Å². The molecule has 2 rings (SSSR count). The molecular weight excluding hydrogens is 376 g/mol. The third-order valence-corrected chi connectivity index (χ3v) is 4.55. The summed E-state index contributed by atoms with van der Waals surface area (Å²) in [6.45, 7) is 1.43. The third kappa shape index (κ3) is 5.55. The molecule has 0 spiro atoms. The van der Waals surface area contributed by atoms with E-state index in [9.17, 15) is 19.5 Å². The van der Waals surface area contributed by atoms with Gasteiger partial charge < -0.3 is 27.3 Å². The zero-order valence-corrected chi connectivity index (χ0v) is 16.2. The standard InChI is InChI=1S/C19H26N6O4/c1-11(26)25(17(27)14(20)6-4-8-23-19(21)22)16(18(28)29)9-12-10-24-15-7-3-2-5-13(12)15/h2-3,5,7,10,14,16,24H,4,6,8-9,20H2,1H3,(H,28,29)(H4,21,22,23). The summed E-state index contributed by atoms with van der Waals surface area (Å²) in [6, 6.07) is 4.96. The predicted molar refractivity (Wildman–Crippen MR) is 109 cm³/mol. The molecule has 10 heteroatoms. The van der Waals surface area contributed by atoms with E-state index in [0.717, 1.165) is 22.7 Å². The number of imide groups is 1. The van der Waals surface area contributed by atoms with Crippen LogP contribution < -0.4 is 17.2 Å². The van der Waals surface area contributed by atoms with Gasteiger partial charge in [0.1, 0.15) is 6.04 Å². The second kappa shape index (κ2) is 9.69. The number of rotatable bonds is 9. The van der Waals surface area contributed by atoms with Gasteiger partial charge in [0.2, 0.25) is 11.8 Å². The molecule has 0 aliphatic carbocycles. The molecule has 8 N–H and O–H groups in total. The molecule has 1 aromatic carbocycles. The van der Waals surface area contributed by atoms with Gasteiger partial charge in [-0.15, -0.1) is 0 Å². The molecule has 0 bridgehead atoms. The van der Waals surface area contributed by atoms with Crippen molar-refractivity contribution in [2.75, 3.05) is 6.54 Å². The Morgan fingerprint density at radius 3 is 2.55 bits per heavy atom. The minimum atomic E-state index is -1.37. The number of aliphatic imine (C=N–C) groups is 1. The number of H-pyrrole nitrogens is 1. The van der Waals surface area contributed by atoms with E-state index in [1.165, 1.54) is 0 Å². The van der Waals surface area contributed by atoms with E-state index < -0.39 is 29.9 Å². The largest absolute Gasteiger partial charge is 0.480 e. The van der Waals surface area contributed by atoms with Crippen LogP contribution in [0, 0.1) is 0 Å². The van der Waals surface area contributed by atoms with Crippen molar-refractivity contribution >= 4 is 34.6 Å². The molecule has 1 heterocycles. The molecule has 2 aromatic rings. The molecule has 0 saturated heterocycles. The quantitative estimate of drug-likeness (QED) is 0.221. The number of nitrogens with two attached hydrogens (primary N) is 3. The van der Waals surface area contributed by atoms with E-state index in [2.05, 4.69) is 9.98 Å². The number of nitrogens with one attached hydrogen (secondary N) is 1. The number of aliphatic carboxylic acids is 1. The summed E-state index contributed by atoms with van der Waals surface area (Å²) in [4.78, 5) is 44.5. The smallest absolute Gasteiger partial charge is 0.327 e. The number of aromatic nitrogens is 1. The Balaban J connectivity index is 2.20. The van der Waals surface area contributed by atoms with Gasteiger partial charge in [-0.1, -0.05) is 18.2 Å². The number of aromatic amines is 1. The normalized spacial score (nSPS) is 12.9. The first-order valence-corrected chi connectivity index (χ1v) is 9.14. The predicted octanol–water partition coefficient (Wildman–Crippen LogP) is -0.0804. The molecule has 0 saturated carbocycles. The number of amides is 2. The Hall–Kier alpha value is -3.40. The van der Waals surface area contributed by atoms with Gasteiger partial charge in [0.25, 0.3) is 0 Å². The van der Waals surface area contributed by atoms with Gasteiger partial charge in [0.05, 0.1) is 6.04 Å². The maximum atomic E-state index is 12.8. The molecule has 2 amide bonds. The number of hydrogen-bond acceptors (Lipinski definition) is 5. The highest BCUT2D eigenvalue weighted by molar-refractivity contribution is 6.00. The highest BCUT2D eigenvalue weighted by atomic mass is 16.4. The number of carbonyl (C=O) groups is 3. The molecule has 0 aliphatic rings. The number of benzene rings is 1. The van der Waals surface area contributed by atoms with E-state index in [-0.39, 0.29) is 25.3 Å². The Morgan fingerprint density at radius 1 is 1.24 bits per heavy atom. The van der Waals surface area contributed by atoms with Crippen molar-refractivity contribution in [3.63, 3.8) is 0 Å². The summed E-state index contributed by atoms with van der Waals surface area (Å²) < 4.78 is 0. The minimum Gasteiger partial charge on any atom is -0.480 e. The number of carbonyl (C=O) groups excluding carboxylic acids is 2. The molecule has 0 fully saturated rings. The SMILES string of the molecule is CC(=O)N(C(=O)C(N)CCCN=C(N)N)C(Cc1c[nH]c2ccccc12)C(=O)O. The zero-order valence-electron chi connectivity index (χ0n) is 16.2. The van der Waals surface area contributed by atoms with Gasteiger partial charge in [0, 0.05) is 37.0 Å². The molecule has 10 nitrogen and oxygen atoms in total. The summed E-state index contributed by atoms with van der Waals surface area (Å²) in [5, 5.41) is 10.6. The first-order valence-electron chi connectivity index (χ1n) is 9.14. The van der Waals surface area contributed by atoms with Crippen LogP contribution in [0.3, 0.4) is 0 Å². The van der Waals surface area contributed by atoms with Crippen LogP contribution in [0.2, 0.25) is 0 Å². The van der Waals surface area contributed by atoms with Crippen molar-refractivity contribution in [3.8, 4) is 0 Å². The van der Waals surface area contributed by atoms with Gasteiger partial charge >= 0.3 is 5.97 Å². The fraction of sp³-hybridized carbons (Fsp3) is 0.368. The topological polar surface area (TPSA) is 181 Å². The summed E-state index contributed by atoms with van der Waals surface area (Å²) in [5.41, 5.74) is 17.9. The number of para-hydroxylation sites is 1. The van der Waals surface area contributed by atoms with Crippen LogP contribution in [0.1, 0.15) is 25.3 Å². The number of nitrogens with zero attached hydrogens (tertiary/aromatic N) is 2. The number of carboxylic acids is 1. The molecule has 0 aliphatic heterocycles. The average Bonchev–Trinajstić information content (AvgIpc) is 3.07. The van der Waals surface area contributed by atoms with E-state index in [4.69, 9.17) is 17.2 Å². The van der Waals surface area contributed by atoms with Crippen molar-refractivity contribution in [3.05, 3.63) is 36.0 Å². The van der Waals surface area contributed by atoms with Crippen LogP contribution in [0.4, 0.5) is 0 Å². The Morgan fingerprint density at radius 2 is 1.93 bits per heavy atom. The van der Waals surface area contributed by atoms with Crippen molar-refractivity contribution in [1.82, 2.24) is 9.88 Å². The average molecular weight is 402 g/mol. The number of guanidine groups is 1. The van der Waals surface area contributed by atoms with E-state index in [1.54, 1.807) is 6.20 Å². The first kappa shape index (κ1) is 21.9. The highest BCUT2D eigenvalue weighted by Gasteiger charge is 2.35. The minimum absolute atomic E-state index is 0.0363. The number of carboxylic acid groups (broad SMARTS) is 1. The Kier molecular flexibility index (Phi) is 7.32. The third-order valence-electron chi connectivity index (χ3n) is 4.55. The maximum Gasteiger partial charge on any atom is 0.327 e. The van der Waals surface area contributed by atoms with Crippen LogP contribution in [-0.4, -0.2) is 57.4 Å². The van der Waals surface area contributed by atoms with Gasteiger partial charge in [-0.05, 0) is 24.5 Å². The molecule has 1 aromatic heterocycles. The van der Waals surface area contributed by atoms with Gasteiger partial charge in [0.15, 0.2) is 5.96 Å². The maximum absolute atomic E-state index is 12.8. The highest BCUT2D eigenvalue weighted by Crippen LogP contribution is 2.21. The molecule has 156 valence electrons. The number of fused-ring (bicyclic) bond motifs is 1. The van der Waals surface area contributed by atoms with Crippen LogP contribution in [0.25, 0.3) is 10.9 Å².